The van der Waals surface area contributed by atoms with Crippen molar-refractivity contribution in [2.75, 3.05) is 7.11 Å². The molecule has 2 aromatic rings. The molecule has 0 saturated heterocycles. The molecule has 1 aromatic heterocycles. The standard InChI is InChI=1S/C10H8ClNO2/c1-13-8-5-3-2-4-7(8)9-6-10(11)12-14-9/h2-6H,1H3. The van der Waals surface area contributed by atoms with E-state index in [1.807, 2.05) is 24.3 Å². The molecule has 0 saturated carbocycles. The second kappa shape index (κ2) is 3.72. The SMILES string of the molecule is COc1ccccc1-c1cc(Cl)no1. The Morgan fingerprint density at radius 1 is 1.36 bits per heavy atom. The van der Waals surface area contributed by atoms with E-state index >= 15 is 0 Å². The Labute approximate surface area is 86.2 Å². The van der Waals surface area contributed by atoms with Gasteiger partial charge in [0.15, 0.2) is 10.9 Å². The molecule has 1 heterocycles. The van der Waals surface area contributed by atoms with Crippen LogP contribution in [-0.2, 0) is 0 Å². The zero-order valence-electron chi connectivity index (χ0n) is 7.53. The normalized spacial score (nSPS) is 10.1. The second-order valence-corrected chi connectivity index (χ2v) is 3.10. The van der Waals surface area contributed by atoms with Gasteiger partial charge in [0.1, 0.15) is 5.75 Å². The van der Waals surface area contributed by atoms with Crippen LogP contribution in [-0.4, -0.2) is 12.3 Å². The molecule has 3 nitrogen and oxygen atoms in total. The maximum Gasteiger partial charge on any atom is 0.172 e. The van der Waals surface area contributed by atoms with Crippen LogP contribution < -0.4 is 4.74 Å². The molecular weight excluding hydrogens is 202 g/mol. The third-order valence-corrected chi connectivity index (χ3v) is 2.03. The molecule has 72 valence electrons. The first-order valence-corrected chi connectivity index (χ1v) is 4.44. The van der Waals surface area contributed by atoms with E-state index in [2.05, 4.69) is 5.16 Å². The monoisotopic (exact) mass is 209 g/mol. The predicted octanol–water partition coefficient (Wildman–Crippen LogP) is 3.00. The number of ether oxygens (including phenoxy) is 1. The summed E-state index contributed by atoms with van der Waals surface area (Å²) < 4.78 is 10.2. The van der Waals surface area contributed by atoms with Gasteiger partial charge in [0.2, 0.25) is 0 Å². The van der Waals surface area contributed by atoms with Gasteiger partial charge in [-0.3, -0.25) is 0 Å². The molecule has 1 aromatic carbocycles. The highest BCUT2D eigenvalue weighted by atomic mass is 35.5. The zero-order valence-corrected chi connectivity index (χ0v) is 8.28. The van der Waals surface area contributed by atoms with E-state index in [-0.39, 0.29) is 0 Å². The summed E-state index contributed by atoms with van der Waals surface area (Å²) >= 11 is 5.66. The number of aromatic nitrogens is 1. The van der Waals surface area contributed by atoms with E-state index in [4.69, 9.17) is 20.9 Å². The lowest BCUT2D eigenvalue weighted by Gasteiger charge is -2.03. The average Bonchev–Trinajstić information content (AvgIpc) is 2.65. The highest BCUT2D eigenvalue weighted by molar-refractivity contribution is 6.29. The highest BCUT2D eigenvalue weighted by Gasteiger charge is 2.09. The number of para-hydroxylation sites is 1. The van der Waals surface area contributed by atoms with Crippen LogP contribution in [0.3, 0.4) is 0 Å². The van der Waals surface area contributed by atoms with E-state index in [1.54, 1.807) is 13.2 Å². The Hall–Kier alpha value is -1.48. The van der Waals surface area contributed by atoms with E-state index in [0.717, 1.165) is 11.3 Å². The molecule has 14 heavy (non-hydrogen) atoms. The summed E-state index contributed by atoms with van der Waals surface area (Å²) in [5.41, 5.74) is 0.842. The Balaban J connectivity index is 2.50. The predicted molar refractivity (Wildman–Crippen MR) is 53.5 cm³/mol. The Kier molecular flexibility index (Phi) is 2.41. The molecule has 0 fully saturated rings. The highest BCUT2D eigenvalue weighted by Crippen LogP contribution is 2.30. The molecule has 0 unspecified atom stereocenters. The van der Waals surface area contributed by atoms with Crippen LogP contribution in [0.5, 0.6) is 5.75 Å². The number of hydrogen-bond donors (Lipinski definition) is 0. The van der Waals surface area contributed by atoms with Crippen LogP contribution in [0.1, 0.15) is 0 Å². The summed E-state index contributed by atoms with van der Waals surface area (Å²) in [6.07, 6.45) is 0. The smallest absolute Gasteiger partial charge is 0.172 e. The molecule has 0 N–H and O–H groups in total. The number of hydrogen-bond acceptors (Lipinski definition) is 3. The third-order valence-electron chi connectivity index (χ3n) is 1.85. The molecule has 0 spiro atoms. The Morgan fingerprint density at radius 2 is 2.14 bits per heavy atom. The number of rotatable bonds is 2. The van der Waals surface area contributed by atoms with Crippen molar-refractivity contribution < 1.29 is 9.26 Å². The lowest BCUT2D eigenvalue weighted by Crippen LogP contribution is -1.85. The summed E-state index contributed by atoms with van der Waals surface area (Å²) in [5.74, 6) is 1.34. The van der Waals surface area contributed by atoms with Crippen LogP contribution in [0.4, 0.5) is 0 Å². The number of methoxy groups -OCH3 is 1. The van der Waals surface area contributed by atoms with Gasteiger partial charge in [-0.1, -0.05) is 28.9 Å². The van der Waals surface area contributed by atoms with Crippen LogP contribution in [0.2, 0.25) is 5.15 Å². The fourth-order valence-electron chi connectivity index (χ4n) is 1.23. The summed E-state index contributed by atoms with van der Waals surface area (Å²) in [7, 11) is 1.61. The van der Waals surface area contributed by atoms with Crippen molar-refractivity contribution in [1.29, 1.82) is 0 Å². The van der Waals surface area contributed by atoms with Gasteiger partial charge >= 0.3 is 0 Å². The van der Waals surface area contributed by atoms with Crippen molar-refractivity contribution in [3.05, 3.63) is 35.5 Å². The van der Waals surface area contributed by atoms with E-state index in [1.165, 1.54) is 0 Å². The van der Waals surface area contributed by atoms with Gasteiger partial charge in [0.05, 0.1) is 12.7 Å². The van der Waals surface area contributed by atoms with Crippen LogP contribution in [0.25, 0.3) is 11.3 Å². The first kappa shape index (κ1) is 9.09. The number of nitrogens with zero attached hydrogens (tertiary/aromatic N) is 1. The Bertz CT molecular complexity index is 439. The Morgan fingerprint density at radius 3 is 2.79 bits per heavy atom. The van der Waals surface area contributed by atoms with Crippen LogP contribution in [0.15, 0.2) is 34.9 Å². The minimum atomic E-state index is 0.339. The minimum Gasteiger partial charge on any atom is -0.496 e. The van der Waals surface area contributed by atoms with Gasteiger partial charge < -0.3 is 9.26 Å². The molecule has 0 atom stereocenters. The van der Waals surface area contributed by atoms with Crippen molar-refractivity contribution in [2.45, 2.75) is 0 Å². The fourth-order valence-corrected chi connectivity index (χ4v) is 1.36. The fraction of sp³-hybridized carbons (Fsp3) is 0.100. The molecule has 0 aliphatic rings. The van der Waals surface area contributed by atoms with Crippen molar-refractivity contribution in [3.63, 3.8) is 0 Å². The molecule has 0 amide bonds. The molecule has 0 aliphatic carbocycles. The van der Waals surface area contributed by atoms with E-state index in [9.17, 15) is 0 Å². The minimum absolute atomic E-state index is 0.339. The lowest BCUT2D eigenvalue weighted by molar-refractivity contribution is 0.406. The maximum absolute atomic E-state index is 5.66. The zero-order chi connectivity index (χ0) is 9.97. The first-order chi connectivity index (χ1) is 6.81. The molecule has 0 radical (unpaired) electrons. The summed E-state index contributed by atoms with van der Waals surface area (Å²) in [5, 5.41) is 3.94. The number of benzene rings is 1. The van der Waals surface area contributed by atoms with Crippen LogP contribution >= 0.6 is 11.6 Å². The quantitative estimate of drug-likeness (QED) is 0.763. The summed E-state index contributed by atoms with van der Waals surface area (Å²) in [6.45, 7) is 0. The molecule has 4 heteroatoms. The van der Waals surface area contributed by atoms with E-state index in [0.29, 0.717) is 10.9 Å². The molecular formula is C10H8ClNO2. The lowest BCUT2D eigenvalue weighted by atomic mass is 10.1. The average molecular weight is 210 g/mol. The van der Waals surface area contributed by atoms with Crippen molar-refractivity contribution >= 4 is 11.6 Å². The van der Waals surface area contributed by atoms with Gasteiger partial charge in [-0.15, -0.1) is 0 Å². The van der Waals surface area contributed by atoms with Gasteiger partial charge in [-0.05, 0) is 12.1 Å². The molecule has 0 bridgehead atoms. The van der Waals surface area contributed by atoms with Gasteiger partial charge in [0.25, 0.3) is 0 Å². The van der Waals surface area contributed by atoms with Crippen molar-refractivity contribution in [2.24, 2.45) is 0 Å². The topological polar surface area (TPSA) is 35.3 Å². The van der Waals surface area contributed by atoms with Crippen LogP contribution in [0, 0.1) is 0 Å². The van der Waals surface area contributed by atoms with Crippen molar-refractivity contribution in [3.8, 4) is 17.1 Å². The molecule has 0 aliphatic heterocycles. The van der Waals surface area contributed by atoms with E-state index < -0.39 is 0 Å². The van der Waals surface area contributed by atoms with Gasteiger partial charge in [0, 0.05) is 6.07 Å². The second-order valence-electron chi connectivity index (χ2n) is 2.71. The maximum atomic E-state index is 5.66. The third kappa shape index (κ3) is 1.59. The van der Waals surface area contributed by atoms with Gasteiger partial charge in [-0.2, -0.15) is 0 Å². The number of halogens is 1. The largest absolute Gasteiger partial charge is 0.496 e. The molecule has 2 rings (SSSR count). The first-order valence-electron chi connectivity index (χ1n) is 4.07. The van der Waals surface area contributed by atoms with Gasteiger partial charge in [-0.25, -0.2) is 0 Å². The van der Waals surface area contributed by atoms with Crippen molar-refractivity contribution in [1.82, 2.24) is 5.16 Å². The summed E-state index contributed by atoms with van der Waals surface area (Å²) in [6, 6.07) is 9.18. The summed E-state index contributed by atoms with van der Waals surface area (Å²) in [4.78, 5) is 0.